The molecule has 0 saturated carbocycles. The van der Waals surface area contributed by atoms with Crippen molar-refractivity contribution in [2.75, 3.05) is 0 Å². The quantitative estimate of drug-likeness (QED) is 0.590. The highest BCUT2D eigenvalue weighted by molar-refractivity contribution is 5.72. The smallest absolute Gasteiger partial charge is 0.0622 e. The van der Waals surface area contributed by atoms with Gasteiger partial charge in [-0.2, -0.15) is 0 Å². The highest BCUT2D eigenvalue weighted by atomic mass is 14.0. The van der Waals surface area contributed by atoms with E-state index in [0.717, 1.165) is 0 Å². The van der Waals surface area contributed by atoms with Crippen LogP contribution in [0, 0.1) is 0 Å². The highest BCUT2D eigenvalue weighted by Gasteiger charge is 2.00. The van der Waals surface area contributed by atoms with Gasteiger partial charge in [0, 0.05) is 0 Å². The minimum atomic E-state index is -0.500. The van der Waals surface area contributed by atoms with Crippen LogP contribution in [0.4, 0.5) is 0 Å². The lowest BCUT2D eigenvalue weighted by Gasteiger charge is -2.05. The van der Waals surface area contributed by atoms with E-state index in [9.17, 15) is 0 Å². The maximum Gasteiger partial charge on any atom is 0.0629 e. The number of hydrogen-bond donors (Lipinski definition) is 0. The number of hydrogen-bond acceptors (Lipinski definition) is 0. The molecule has 0 nitrogen and oxygen atoms in total. The Hall–Kier alpha value is -2.34. The van der Waals surface area contributed by atoms with Gasteiger partial charge < -0.3 is 0 Å². The van der Waals surface area contributed by atoms with Crippen LogP contribution in [-0.4, -0.2) is 0 Å². The summed E-state index contributed by atoms with van der Waals surface area (Å²) in [5.41, 5.74) is 0.558. The summed E-state index contributed by atoms with van der Waals surface area (Å²) in [5.74, 6) is 0. The zero-order chi connectivity index (χ0) is 20.9. The standard InChI is InChI=1S/C18H14/c1-3-8-15(9-4-1)17-12-7-13-18(14-17)16-10-5-2-6-11-16/h1-14H/i1D,2D,3D,4D,5D,6D,8D,9D,10D,11D. The minimum Gasteiger partial charge on any atom is -0.0622 e. The Morgan fingerprint density at radius 3 is 1.44 bits per heavy atom. The molecule has 0 unspecified atom stereocenters. The lowest BCUT2D eigenvalue weighted by Crippen LogP contribution is -1.80. The largest absolute Gasteiger partial charge is 0.0629 e. The van der Waals surface area contributed by atoms with Crippen LogP contribution >= 0.6 is 0 Å². The second-order valence-electron chi connectivity index (χ2n) is 3.58. The summed E-state index contributed by atoms with van der Waals surface area (Å²) in [5, 5.41) is 0. The summed E-state index contributed by atoms with van der Waals surface area (Å²) in [4.78, 5) is 0. The Morgan fingerprint density at radius 1 is 0.556 bits per heavy atom. The van der Waals surface area contributed by atoms with Crippen molar-refractivity contribution < 1.29 is 13.7 Å². The van der Waals surface area contributed by atoms with Gasteiger partial charge in [0.2, 0.25) is 0 Å². The van der Waals surface area contributed by atoms with Crippen molar-refractivity contribution in [2.45, 2.75) is 0 Å². The summed E-state index contributed by atoms with van der Waals surface area (Å²) in [7, 11) is 0. The second-order valence-corrected chi connectivity index (χ2v) is 3.58. The fraction of sp³-hybridized carbons (Fsp3) is 0. The van der Waals surface area contributed by atoms with Crippen LogP contribution in [0.2, 0.25) is 0 Å². The van der Waals surface area contributed by atoms with Crippen molar-refractivity contribution in [3.8, 4) is 22.3 Å². The van der Waals surface area contributed by atoms with E-state index >= 15 is 0 Å². The molecule has 0 aliphatic rings. The van der Waals surface area contributed by atoms with E-state index in [1.54, 1.807) is 18.2 Å². The van der Waals surface area contributed by atoms with Gasteiger partial charge in [-0.1, -0.05) is 78.6 Å². The molecule has 0 aliphatic heterocycles. The van der Waals surface area contributed by atoms with Crippen LogP contribution in [0.15, 0.2) is 84.7 Å². The summed E-state index contributed by atoms with van der Waals surface area (Å²) in [6, 6.07) is 1.75. The molecular weight excluding hydrogens is 216 g/mol. The monoisotopic (exact) mass is 240 g/mol. The molecule has 3 rings (SSSR count). The molecule has 0 aliphatic carbocycles. The molecule has 0 bridgehead atoms. The maximum absolute atomic E-state index is 8.10. The van der Waals surface area contributed by atoms with Crippen LogP contribution < -0.4 is 0 Å². The van der Waals surface area contributed by atoms with Gasteiger partial charge in [0.25, 0.3) is 0 Å². The van der Waals surface area contributed by atoms with Crippen molar-refractivity contribution in [1.29, 1.82) is 0 Å². The van der Waals surface area contributed by atoms with Gasteiger partial charge in [0.05, 0.1) is 13.7 Å². The third-order valence-corrected chi connectivity index (χ3v) is 2.44. The molecule has 0 spiro atoms. The Balaban J connectivity index is 2.31. The predicted molar refractivity (Wildman–Crippen MR) is 77.3 cm³/mol. The van der Waals surface area contributed by atoms with E-state index in [-0.39, 0.29) is 35.3 Å². The fourth-order valence-corrected chi connectivity index (χ4v) is 1.62. The molecule has 3 aromatic carbocycles. The van der Waals surface area contributed by atoms with Crippen LogP contribution in [-0.2, 0) is 0 Å². The van der Waals surface area contributed by atoms with Gasteiger partial charge in [0.1, 0.15) is 0 Å². The first kappa shape index (κ1) is 4.40. The Bertz CT molecular complexity index is 977. The molecule has 0 heterocycles. The van der Waals surface area contributed by atoms with Crippen LogP contribution in [0.5, 0.6) is 0 Å². The van der Waals surface area contributed by atoms with E-state index in [4.69, 9.17) is 13.7 Å². The van der Waals surface area contributed by atoms with Gasteiger partial charge >= 0.3 is 0 Å². The van der Waals surface area contributed by atoms with E-state index in [1.165, 1.54) is 6.07 Å². The fourth-order valence-electron chi connectivity index (χ4n) is 1.62. The van der Waals surface area contributed by atoms with Crippen LogP contribution in [0.3, 0.4) is 0 Å². The minimum absolute atomic E-state index is 0.0137. The molecule has 0 aromatic heterocycles. The summed E-state index contributed by atoms with van der Waals surface area (Å²) in [6.45, 7) is 0. The SMILES string of the molecule is [2H]c1c([2H])c([2H])c(-c2cccc(-c3c([2H])c([2H])c([2H])c([2H])c3[2H])c2)c([2H])c1[2H]. The first-order chi connectivity index (χ1) is 13.1. The lowest BCUT2D eigenvalue weighted by molar-refractivity contribution is 1.59. The van der Waals surface area contributed by atoms with Crippen molar-refractivity contribution in [1.82, 2.24) is 0 Å². The molecule has 0 radical (unpaired) electrons. The van der Waals surface area contributed by atoms with Crippen LogP contribution in [0.25, 0.3) is 22.3 Å². The predicted octanol–water partition coefficient (Wildman–Crippen LogP) is 5.02. The third-order valence-electron chi connectivity index (χ3n) is 2.44. The average molecular weight is 240 g/mol. The Labute approximate surface area is 122 Å². The third kappa shape index (κ3) is 2.18. The molecular formula is C18H14. The molecule has 0 atom stereocenters. The second kappa shape index (κ2) is 4.89. The van der Waals surface area contributed by atoms with Gasteiger partial charge in [-0.25, -0.2) is 0 Å². The topological polar surface area (TPSA) is 0 Å². The molecule has 0 heteroatoms. The summed E-state index contributed by atoms with van der Waals surface area (Å²) < 4.78 is 79.0. The van der Waals surface area contributed by atoms with E-state index in [1.807, 2.05) is 0 Å². The molecule has 86 valence electrons. The van der Waals surface area contributed by atoms with E-state index < -0.39 is 36.3 Å². The van der Waals surface area contributed by atoms with Crippen molar-refractivity contribution >= 4 is 0 Å². The number of rotatable bonds is 2. The normalized spacial score (nSPS) is 18.0. The van der Waals surface area contributed by atoms with Crippen molar-refractivity contribution in [3.63, 3.8) is 0 Å². The van der Waals surface area contributed by atoms with E-state index in [2.05, 4.69) is 0 Å². The van der Waals surface area contributed by atoms with Gasteiger partial charge in [-0.05, 0) is 28.3 Å². The zero-order valence-corrected chi connectivity index (χ0v) is 9.31. The molecule has 0 N–H and O–H groups in total. The molecule has 3 aromatic rings. The molecule has 0 saturated heterocycles. The molecule has 18 heavy (non-hydrogen) atoms. The Morgan fingerprint density at radius 2 is 1.00 bits per heavy atom. The summed E-state index contributed by atoms with van der Waals surface area (Å²) >= 11 is 0. The summed E-state index contributed by atoms with van der Waals surface area (Å²) in [6.07, 6.45) is 0. The van der Waals surface area contributed by atoms with Gasteiger partial charge in [-0.15, -0.1) is 0 Å². The van der Waals surface area contributed by atoms with Gasteiger partial charge in [-0.3, -0.25) is 0 Å². The van der Waals surface area contributed by atoms with Crippen molar-refractivity contribution in [3.05, 3.63) is 84.7 Å². The van der Waals surface area contributed by atoms with Crippen LogP contribution in [0.1, 0.15) is 13.7 Å². The molecule has 0 amide bonds. The highest BCUT2D eigenvalue weighted by Crippen LogP contribution is 2.25. The maximum atomic E-state index is 8.10. The number of benzene rings is 3. The van der Waals surface area contributed by atoms with E-state index in [0.29, 0.717) is 11.1 Å². The Kier molecular flexibility index (Phi) is 1.19. The lowest BCUT2D eigenvalue weighted by atomic mass is 9.99. The van der Waals surface area contributed by atoms with Crippen molar-refractivity contribution in [2.24, 2.45) is 0 Å². The first-order valence-electron chi connectivity index (χ1n) is 10.3. The zero-order valence-electron chi connectivity index (χ0n) is 19.3. The average Bonchev–Trinajstić information content (AvgIpc) is 2.68. The first-order valence-corrected chi connectivity index (χ1v) is 5.32. The molecule has 0 fully saturated rings. The van der Waals surface area contributed by atoms with Gasteiger partial charge in [0.15, 0.2) is 0 Å².